The van der Waals surface area contributed by atoms with Crippen LogP contribution < -0.4 is 10.2 Å². The zero-order valence-corrected chi connectivity index (χ0v) is 15.6. The zero-order valence-electron chi connectivity index (χ0n) is 14.8. The van der Waals surface area contributed by atoms with E-state index in [9.17, 15) is 9.18 Å². The third kappa shape index (κ3) is 4.01. The molecule has 4 nitrogen and oxygen atoms in total. The van der Waals surface area contributed by atoms with E-state index in [1.54, 1.807) is 35.6 Å². The summed E-state index contributed by atoms with van der Waals surface area (Å²) >= 11 is 1.63. The number of carbonyl (C=O) groups excluding carboxylic acids is 1. The minimum Gasteiger partial charge on any atom is -0.350 e. The fourth-order valence-electron chi connectivity index (χ4n) is 3.43. The third-order valence-electron chi connectivity index (χ3n) is 4.87. The predicted molar refractivity (Wildman–Crippen MR) is 107 cm³/mol. The molecule has 0 spiro atoms. The second kappa shape index (κ2) is 7.88. The van der Waals surface area contributed by atoms with Gasteiger partial charge in [-0.1, -0.05) is 24.3 Å². The number of hydrogen-bond acceptors (Lipinski definition) is 4. The Morgan fingerprint density at radius 2 is 1.85 bits per heavy atom. The molecule has 1 N–H and O–H groups in total. The van der Waals surface area contributed by atoms with E-state index in [4.69, 9.17) is 0 Å². The first-order valence-electron chi connectivity index (χ1n) is 9.01. The molecule has 3 aromatic rings. The van der Waals surface area contributed by atoms with E-state index >= 15 is 0 Å². The van der Waals surface area contributed by atoms with Crippen LogP contribution in [0.1, 0.15) is 23.2 Å². The first kappa shape index (κ1) is 17.7. The van der Waals surface area contributed by atoms with Crippen molar-refractivity contribution in [1.29, 1.82) is 0 Å². The molecule has 0 saturated carbocycles. The summed E-state index contributed by atoms with van der Waals surface area (Å²) in [6.07, 6.45) is 3.99. The van der Waals surface area contributed by atoms with Crippen LogP contribution in [0, 0.1) is 5.82 Å². The number of hydrogen-bond donors (Lipinski definition) is 1. The van der Waals surface area contributed by atoms with Gasteiger partial charge in [0.1, 0.15) is 5.82 Å². The molecule has 0 bridgehead atoms. The van der Waals surface area contributed by atoms with E-state index in [2.05, 4.69) is 15.2 Å². The van der Waals surface area contributed by atoms with Crippen molar-refractivity contribution in [3.8, 4) is 11.1 Å². The maximum atomic E-state index is 13.0. The highest BCUT2D eigenvalue weighted by Gasteiger charge is 2.26. The van der Waals surface area contributed by atoms with Gasteiger partial charge in [-0.2, -0.15) is 0 Å². The molecule has 6 heteroatoms. The number of carbonyl (C=O) groups is 1. The van der Waals surface area contributed by atoms with Gasteiger partial charge in [0.15, 0.2) is 5.13 Å². The van der Waals surface area contributed by atoms with Crippen molar-refractivity contribution in [3.05, 3.63) is 71.5 Å². The summed E-state index contributed by atoms with van der Waals surface area (Å²) in [6, 6.07) is 14.0. The van der Waals surface area contributed by atoms with Crippen LogP contribution in [0.5, 0.6) is 0 Å². The smallest absolute Gasteiger partial charge is 0.251 e. The summed E-state index contributed by atoms with van der Waals surface area (Å²) < 4.78 is 13.0. The van der Waals surface area contributed by atoms with Gasteiger partial charge < -0.3 is 10.2 Å². The van der Waals surface area contributed by atoms with Crippen LogP contribution in [0.4, 0.5) is 9.52 Å². The highest BCUT2D eigenvalue weighted by atomic mass is 32.1. The molecule has 1 aromatic heterocycles. The summed E-state index contributed by atoms with van der Waals surface area (Å²) in [6.45, 7) is 1.60. The fraction of sp³-hybridized carbons (Fsp3) is 0.238. The molecule has 1 aliphatic rings. The van der Waals surface area contributed by atoms with Crippen molar-refractivity contribution in [2.75, 3.05) is 18.0 Å². The van der Waals surface area contributed by atoms with Crippen molar-refractivity contribution in [2.45, 2.75) is 18.9 Å². The van der Waals surface area contributed by atoms with Crippen LogP contribution in [-0.4, -0.2) is 30.0 Å². The van der Waals surface area contributed by atoms with Crippen molar-refractivity contribution in [3.63, 3.8) is 0 Å². The molecule has 1 saturated heterocycles. The van der Waals surface area contributed by atoms with E-state index in [1.165, 1.54) is 12.1 Å². The Balaban J connectivity index is 1.37. The molecule has 1 aliphatic heterocycles. The quantitative estimate of drug-likeness (QED) is 0.715. The number of benzene rings is 2. The lowest BCUT2D eigenvalue weighted by Crippen LogP contribution is -2.40. The van der Waals surface area contributed by atoms with Gasteiger partial charge in [0.25, 0.3) is 5.91 Å². The van der Waals surface area contributed by atoms with Gasteiger partial charge in [0, 0.05) is 36.3 Å². The van der Waals surface area contributed by atoms with Gasteiger partial charge in [0.05, 0.1) is 0 Å². The van der Waals surface area contributed by atoms with Gasteiger partial charge >= 0.3 is 0 Å². The Labute approximate surface area is 161 Å². The van der Waals surface area contributed by atoms with Gasteiger partial charge in [-0.25, -0.2) is 9.37 Å². The summed E-state index contributed by atoms with van der Waals surface area (Å²) in [5.41, 5.74) is 2.50. The first-order chi connectivity index (χ1) is 13.2. The van der Waals surface area contributed by atoms with Crippen molar-refractivity contribution >= 4 is 22.4 Å². The number of nitrogens with zero attached hydrogens (tertiary/aromatic N) is 2. The van der Waals surface area contributed by atoms with Gasteiger partial charge in [0.2, 0.25) is 0 Å². The Bertz CT molecular complexity index is 894. The largest absolute Gasteiger partial charge is 0.350 e. The third-order valence-corrected chi connectivity index (χ3v) is 5.67. The Hall–Kier alpha value is -2.73. The number of amides is 1. The Morgan fingerprint density at radius 3 is 2.52 bits per heavy atom. The summed E-state index contributed by atoms with van der Waals surface area (Å²) in [5, 5.41) is 6.05. The summed E-state index contributed by atoms with van der Waals surface area (Å²) in [5.74, 6) is -0.333. The topological polar surface area (TPSA) is 45.2 Å². The molecule has 0 radical (unpaired) electrons. The second-order valence-corrected chi connectivity index (χ2v) is 7.47. The number of aromatic nitrogens is 1. The molecule has 138 valence electrons. The average molecular weight is 381 g/mol. The Morgan fingerprint density at radius 1 is 1.15 bits per heavy atom. The summed E-state index contributed by atoms with van der Waals surface area (Å²) in [7, 11) is 0. The van der Waals surface area contributed by atoms with Crippen LogP contribution in [-0.2, 0) is 0 Å². The lowest BCUT2D eigenvalue weighted by atomic mass is 10.0. The van der Waals surface area contributed by atoms with Crippen LogP contribution in [0.2, 0.25) is 0 Å². The molecule has 27 heavy (non-hydrogen) atoms. The molecule has 2 heterocycles. The highest BCUT2D eigenvalue weighted by Crippen LogP contribution is 2.27. The van der Waals surface area contributed by atoms with E-state index in [1.807, 2.05) is 23.7 Å². The lowest BCUT2D eigenvalue weighted by Gasteiger charge is -2.24. The van der Waals surface area contributed by atoms with E-state index in [-0.39, 0.29) is 11.7 Å². The maximum Gasteiger partial charge on any atom is 0.251 e. The van der Waals surface area contributed by atoms with Crippen molar-refractivity contribution in [2.24, 2.45) is 0 Å². The Kier molecular flexibility index (Phi) is 5.16. The van der Waals surface area contributed by atoms with Crippen molar-refractivity contribution in [1.82, 2.24) is 10.3 Å². The molecular weight excluding hydrogens is 361 g/mol. The lowest BCUT2D eigenvalue weighted by molar-refractivity contribution is 0.0951. The van der Waals surface area contributed by atoms with Crippen molar-refractivity contribution < 1.29 is 9.18 Å². The average Bonchev–Trinajstić information content (AvgIpc) is 3.38. The molecule has 0 aliphatic carbocycles. The number of thiazole rings is 1. The summed E-state index contributed by atoms with van der Waals surface area (Å²) in [4.78, 5) is 19.2. The van der Waals surface area contributed by atoms with Gasteiger partial charge in [-0.05, 0) is 48.2 Å². The minimum absolute atomic E-state index is 0.0772. The van der Waals surface area contributed by atoms with E-state index < -0.39 is 0 Å². The molecule has 1 amide bonds. The van der Waals surface area contributed by atoms with Crippen LogP contribution in [0.25, 0.3) is 11.1 Å². The number of nitrogens with one attached hydrogen (secondary N) is 1. The van der Waals surface area contributed by atoms with Gasteiger partial charge in [-0.15, -0.1) is 11.3 Å². The fourth-order valence-corrected chi connectivity index (χ4v) is 4.17. The SMILES string of the molecule is O=C(NCC1CCCN1c1nccs1)c1ccc(-c2ccc(F)cc2)cc1. The van der Waals surface area contributed by atoms with Crippen LogP contribution >= 0.6 is 11.3 Å². The predicted octanol–water partition coefficient (Wildman–Crippen LogP) is 4.35. The van der Waals surface area contributed by atoms with E-state index in [0.29, 0.717) is 18.2 Å². The minimum atomic E-state index is -0.256. The first-order valence-corrected chi connectivity index (χ1v) is 9.89. The standard InChI is InChI=1S/C21H20FN3OS/c22-18-9-7-16(8-10-18)15-3-5-17(6-4-15)20(26)24-14-19-2-1-12-25(19)21-23-11-13-27-21/h3-11,13,19H,1-2,12,14H2,(H,24,26). The number of anilines is 1. The monoisotopic (exact) mass is 381 g/mol. The van der Waals surface area contributed by atoms with E-state index in [0.717, 1.165) is 35.6 Å². The maximum absolute atomic E-state index is 13.0. The van der Waals surface area contributed by atoms with Crippen LogP contribution in [0.15, 0.2) is 60.1 Å². The molecule has 1 unspecified atom stereocenters. The highest BCUT2D eigenvalue weighted by molar-refractivity contribution is 7.13. The second-order valence-electron chi connectivity index (χ2n) is 6.60. The molecular formula is C21H20FN3OS. The molecule has 1 atom stereocenters. The zero-order chi connectivity index (χ0) is 18.6. The number of halogens is 1. The normalized spacial score (nSPS) is 16.5. The molecule has 1 fully saturated rings. The molecule has 4 rings (SSSR count). The molecule has 2 aromatic carbocycles. The van der Waals surface area contributed by atoms with Gasteiger partial charge in [-0.3, -0.25) is 4.79 Å². The number of rotatable bonds is 5. The van der Waals surface area contributed by atoms with Crippen LogP contribution in [0.3, 0.4) is 0 Å².